The van der Waals surface area contributed by atoms with Crippen LogP contribution in [0.15, 0.2) is 53.4 Å². The molecule has 1 heterocycles. The minimum atomic E-state index is -3.52. The second-order valence-electron chi connectivity index (χ2n) is 5.86. The highest BCUT2D eigenvalue weighted by molar-refractivity contribution is 7.89. The molecule has 0 bridgehead atoms. The van der Waals surface area contributed by atoms with Crippen LogP contribution >= 0.6 is 0 Å². The van der Waals surface area contributed by atoms with Crippen molar-refractivity contribution in [3.05, 3.63) is 54.1 Å². The van der Waals surface area contributed by atoms with E-state index in [-0.39, 0.29) is 11.4 Å². The summed E-state index contributed by atoms with van der Waals surface area (Å²) >= 11 is 0. The predicted octanol–water partition coefficient (Wildman–Crippen LogP) is 2.04. The molecule has 2 aromatic rings. The van der Waals surface area contributed by atoms with E-state index in [1.165, 1.54) is 0 Å². The smallest absolute Gasteiger partial charge is 0.240 e. The maximum Gasteiger partial charge on any atom is 0.240 e. The molecule has 2 N–H and O–H groups in total. The van der Waals surface area contributed by atoms with E-state index in [0.29, 0.717) is 0 Å². The van der Waals surface area contributed by atoms with Gasteiger partial charge in [-0.3, -0.25) is 0 Å². The maximum atomic E-state index is 12.4. The fourth-order valence-corrected chi connectivity index (χ4v) is 3.73. The number of hydrogen-bond donors (Lipinski definition) is 2. The van der Waals surface area contributed by atoms with Gasteiger partial charge in [0.2, 0.25) is 10.0 Å². The van der Waals surface area contributed by atoms with E-state index in [1.807, 2.05) is 24.3 Å². The first-order chi connectivity index (χ1) is 12.1. The number of hydrogen-bond acceptors (Lipinski definition) is 5. The van der Waals surface area contributed by atoms with Crippen molar-refractivity contribution in [1.82, 2.24) is 4.72 Å². The molecule has 1 fully saturated rings. The Balaban J connectivity index is 1.61. The predicted molar refractivity (Wildman–Crippen MR) is 99.5 cm³/mol. The van der Waals surface area contributed by atoms with Gasteiger partial charge in [-0.05, 0) is 42.0 Å². The Hall–Kier alpha value is -2.09. The summed E-state index contributed by atoms with van der Waals surface area (Å²) in [7, 11) is -1.72. The van der Waals surface area contributed by atoms with E-state index in [0.717, 1.165) is 43.2 Å². The minimum Gasteiger partial charge on any atom is -0.388 e. The Kier molecular flexibility index (Phi) is 5.57. The van der Waals surface area contributed by atoms with Gasteiger partial charge < -0.3 is 15.0 Å². The van der Waals surface area contributed by atoms with Crippen molar-refractivity contribution in [2.24, 2.45) is 0 Å². The van der Waals surface area contributed by atoms with Crippen LogP contribution in [-0.2, 0) is 21.3 Å². The van der Waals surface area contributed by atoms with Crippen molar-refractivity contribution in [2.45, 2.75) is 11.4 Å². The quantitative estimate of drug-likeness (QED) is 0.824. The van der Waals surface area contributed by atoms with Crippen LogP contribution < -0.4 is 14.9 Å². The molecular weight excluding hydrogens is 338 g/mol. The second kappa shape index (κ2) is 7.86. The number of sulfonamides is 1. The van der Waals surface area contributed by atoms with Crippen LogP contribution in [0.2, 0.25) is 0 Å². The molecule has 0 spiro atoms. The number of nitrogens with one attached hydrogen (secondary N) is 2. The molecule has 0 radical (unpaired) electrons. The summed E-state index contributed by atoms with van der Waals surface area (Å²) in [4.78, 5) is 2.53. The third-order valence-corrected chi connectivity index (χ3v) is 5.65. The van der Waals surface area contributed by atoms with E-state index >= 15 is 0 Å². The molecule has 1 saturated heterocycles. The monoisotopic (exact) mass is 361 g/mol. The Morgan fingerprint density at radius 1 is 1.00 bits per heavy atom. The largest absolute Gasteiger partial charge is 0.388 e. The maximum absolute atomic E-state index is 12.4. The number of rotatable bonds is 6. The zero-order chi connectivity index (χ0) is 17.7. The lowest BCUT2D eigenvalue weighted by molar-refractivity contribution is 0.122. The standard InChI is InChI=1S/C18H23N3O3S/c1-19-16-4-8-18(9-5-16)25(22,23)20-14-15-2-6-17(7-3-15)21-10-12-24-13-11-21/h2-9,19-20H,10-14H2,1H3. The highest BCUT2D eigenvalue weighted by atomic mass is 32.2. The van der Waals surface area contributed by atoms with E-state index in [9.17, 15) is 8.42 Å². The van der Waals surface area contributed by atoms with Crippen molar-refractivity contribution in [3.63, 3.8) is 0 Å². The zero-order valence-corrected chi connectivity index (χ0v) is 15.1. The third-order valence-electron chi connectivity index (χ3n) is 4.23. The lowest BCUT2D eigenvalue weighted by Crippen LogP contribution is -2.36. The van der Waals surface area contributed by atoms with Gasteiger partial charge in [0.25, 0.3) is 0 Å². The molecular formula is C18H23N3O3S. The number of benzene rings is 2. The number of ether oxygens (including phenoxy) is 1. The normalized spacial score (nSPS) is 15.2. The van der Waals surface area contributed by atoms with Crippen LogP contribution in [-0.4, -0.2) is 41.8 Å². The third kappa shape index (κ3) is 4.50. The van der Waals surface area contributed by atoms with Crippen LogP contribution in [0.4, 0.5) is 11.4 Å². The molecule has 25 heavy (non-hydrogen) atoms. The summed E-state index contributed by atoms with van der Waals surface area (Å²) in [5, 5.41) is 2.97. The molecule has 0 amide bonds. The average Bonchev–Trinajstić information content (AvgIpc) is 2.67. The number of nitrogens with zero attached hydrogens (tertiary/aromatic N) is 1. The highest BCUT2D eigenvalue weighted by Gasteiger charge is 2.14. The van der Waals surface area contributed by atoms with Gasteiger partial charge in [-0.25, -0.2) is 13.1 Å². The first-order valence-corrected chi connectivity index (χ1v) is 9.76. The van der Waals surface area contributed by atoms with Crippen LogP contribution in [0.5, 0.6) is 0 Å². The summed E-state index contributed by atoms with van der Waals surface area (Å²) in [5.41, 5.74) is 2.93. The van der Waals surface area contributed by atoms with Gasteiger partial charge >= 0.3 is 0 Å². The molecule has 1 aliphatic rings. The first-order valence-electron chi connectivity index (χ1n) is 8.27. The second-order valence-corrected chi connectivity index (χ2v) is 7.63. The minimum absolute atomic E-state index is 0.261. The summed E-state index contributed by atoms with van der Waals surface area (Å²) in [6.45, 7) is 3.52. The van der Waals surface area contributed by atoms with Crippen molar-refractivity contribution in [2.75, 3.05) is 43.6 Å². The molecule has 0 atom stereocenters. The van der Waals surface area contributed by atoms with E-state index in [1.54, 1.807) is 31.3 Å². The summed E-state index contributed by atoms with van der Waals surface area (Å²) in [6, 6.07) is 14.6. The van der Waals surface area contributed by atoms with Crippen molar-refractivity contribution < 1.29 is 13.2 Å². The summed E-state index contributed by atoms with van der Waals surface area (Å²) in [5.74, 6) is 0. The van der Waals surface area contributed by atoms with Gasteiger partial charge in [0, 0.05) is 38.1 Å². The topological polar surface area (TPSA) is 70.7 Å². The highest BCUT2D eigenvalue weighted by Crippen LogP contribution is 2.18. The summed E-state index contributed by atoms with van der Waals surface area (Å²) < 4.78 is 32.7. The van der Waals surface area contributed by atoms with E-state index in [2.05, 4.69) is 14.9 Å². The Labute approximate surface area is 148 Å². The van der Waals surface area contributed by atoms with Crippen LogP contribution in [0, 0.1) is 0 Å². The van der Waals surface area contributed by atoms with Crippen molar-refractivity contribution in [1.29, 1.82) is 0 Å². The van der Waals surface area contributed by atoms with Gasteiger partial charge in [0.15, 0.2) is 0 Å². The fourth-order valence-electron chi connectivity index (χ4n) is 2.71. The molecule has 7 heteroatoms. The van der Waals surface area contributed by atoms with E-state index in [4.69, 9.17) is 4.74 Å². The van der Waals surface area contributed by atoms with Gasteiger partial charge in [-0.1, -0.05) is 12.1 Å². The Morgan fingerprint density at radius 3 is 2.24 bits per heavy atom. The molecule has 2 aromatic carbocycles. The van der Waals surface area contributed by atoms with Crippen LogP contribution in [0.1, 0.15) is 5.56 Å². The van der Waals surface area contributed by atoms with Gasteiger partial charge in [0.1, 0.15) is 0 Å². The lowest BCUT2D eigenvalue weighted by Gasteiger charge is -2.28. The van der Waals surface area contributed by atoms with Crippen molar-refractivity contribution >= 4 is 21.4 Å². The molecule has 1 aliphatic heterocycles. The molecule has 0 aromatic heterocycles. The van der Waals surface area contributed by atoms with Crippen molar-refractivity contribution in [3.8, 4) is 0 Å². The summed E-state index contributed by atoms with van der Waals surface area (Å²) in [6.07, 6.45) is 0. The SMILES string of the molecule is CNc1ccc(S(=O)(=O)NCc2ccc(N3CCOCC3)cc2)cc1. The average molecular weight is 361 g/mol. The molecule has 0 aliphatic carbocycles. The Morgan fingerprint density at radius 2 is 1.64 bits per heavy atom. The zero-order valence-electron chi connectivity index (χ0n) is 14.2. The molecule has 3 rings (SSSR count). The lowest BCUT2D eigenvalue weighted by atomic mass is 10.2. The first kappa shape index (κ1) is 17.7. The molecule has 134 valence electrons. The molecule has 6 nitrogen and oxygen atoms in total. The van der Waals surface area contributed by atoms with Crippen LogP contribution in [0.25, 0.3) is 0 Å². The number of morpholine rings is 1. The van der Waals surface area contributed by atoms with E-state index < -0.39 is 10.0 Å². The molecule has 0 saturated carbocycles. The van der Waals surface area contributed by atoms with Gasteiger partial charge in [0.05, 0.1) is 18.1 Å². The van der Waals surface area contributed by atoms with Crippen LogP contribution in [0.3, 0.4) is 0 Å². The Bertz CT molecular complexity index is 783. The fraction of sp³-hybridized carbons (Fsp3) is 0.333. The van der Waals surface area contributed by atoms with Gasteiger partial charge in [-0.2, -0.15) is 0 Å². The van der Waals surface area contributed by atoms with Gasteiger partial charge in [-0.15, -0.1) is 0 Å². The molecule has 0 unspecified atom stereocenters. The number of anilines is 2.